The van der Waals surface area contributed by atoms with Crippen molar-refractivity contribution in [3.8, 4) is 0 Å². The van der Waals surface area contributed by atoms with E-state index in [9.17, 15) is 0 Å². The van der Waals surface area contributed by atoms with Gasteiger partial charge < -0.3 is 15.5 Å². The number of nitrogens with zero attached hydrogens (tertiary/aromatic N) is 3. The van der Waals surface area contributed by atoms with Gasteiger partial charge in [0.2, 0.25) is 0 Å². The molecule has 0 aliphatic heterocycles. The lowest BCUT2D eigenvalue weighted by atomic mass is 10.3. The SMILES string of the molecule is CCCn1ncnc1CNC(CO)CO. The quantitative estimate of drug-likeness (QED) is 0.549. The van der Waals surface area contributed by atoms with Crippen LogP contribution in [0.5, 0.6) is 0 Å². The summed E-state index contributed by atoms with van der Waals surface area (Å²) in [6.07, 6.45) is 2.51. The molecule has 6 heteroatoms. The van der Waals surface area contributed by atoms with Gasteiger partial charge in [-0.15, -0.1) is 0 Å². The van der Waals surface area contributed by atoms with Crippen LogP contribution in [-0.2, 0) is 13.1 Å². The molecule has 0 bridgehead atoms. The van der Waals surface area contributed by atoms with Gasteiger partial charge in [-0.25, -0.2) is 9.67 Å². The fraction of sp³-hybridized carbons (Fsp3) is 0.778. The summed E-state index contributed by atoms with van der Waals surface area (Å²) < 4.78 is 1.82. The number of aliphatic hydroxyl groups is 2. The zero-order valence-electron chi connectivity index (χ0n) is 8.93. The molecule has 0 unspecified atom stereocenters. The largest absolute Gasteiger partial charge is 0.395 e. The van der Waals surface area contributed by atoms with Gasteiger partial charge in [0.05, 0.1) is 25.8 Å². The minimum Gasteiger partial charge on any atom is -0.395 e. The molecule has 0 aliphatic carbocycles. The zero-order valence-corrected chi connectivity index (χ0v) is 8.93. The highest BCUT2D eigenvalue weighted by atomic mass is 16.3. The number of rotatable bonds is 7. The lowest BCUT2D eigenvalue weighted by Gasteiger charge is -2.12. The third kappa shape index (κ3) is 3.58. The van der Waals surface area contributed by atoms with E-state index in [1.165, 1.54) is 6.33 Å². The molecule has 0 atom stereocenters. The zero-order chi connectivity index (χ0) is 11.1. The fourth-order valence-electron chi connectivity index (χ4n) is 1.25. The van der Waals surface area contributed by atoms with Gasteiger partial charge in [0, 0.05) is 6.54 Å². The summed E-state index contributed by atoms with van der Waals surface area (Å²) in [4.78, 5) is 4.10. The van der Waals surface area contributed by atoms with Gasteiger partial charge in [0.1, 0.15) is 12.2 Å². The van der Waals surface area contributed by atoms with Crippen LogP contribution in [-0.4, -0.2) is 44.2 Å². The molecule has 0 spiro atoms. The standard InChI is InChI=1S/C9H18N4O2/c1-2-3-13-9(11-7-12-13)4-10-8(5-14)6-15/h7-8,10,14-15H,2-6H2,1H3. The van der Waals surface area contributed by atoms with Gasteiger partial charge in [0.15, 0.2) is 0 Å². The molecule has 1 heterocycles. The van der Waals surface area contributed by atoms with Crippen molar-refractivity contribution in [2.24, 2.45) is 0 Å². The molecule has 1 aromatic rings. The van der Waals surface area contributed by atoms with Crippen molar-refractivity contribution in [3.63, 3.8) is 0 Å². The Morgan fingerprint density at radius 3 is 2.80 bits per heavy atom. The van der Waals surface area contributed by atoms with Gasteiger partial charge in [-0.3, -0.25) is 0 Å². The average Bonchev–Trinajstić information content (AvgIpc) is 2.68. The number of hydrogen-bond acceptors (Lipinski definition) is 5. The van der Waals surface area contributed by atoms with Crippen LogP contribution in [0.3, 0.4) is 0 Å². The Labute approximate surface area is 89.0 Å². The molecular weight excluding hydrogens is 196 g/mol. The predicted octanol–water partition coefficient (Wildman–Crippen LogP) is -0.869. The number of aryl methyl sites for hydroxylation is 1. The van der Waals surface area contributed by atoms with Gasteiger partial charge in [-0.2, -0.15) is 5.10 Å². The van der Waals surface area contributed by atoms with Crippen LogP contribution in [0.25, 0.3) is 0 Å². The Hall–Kier alpha value is -0.980. The molecule has 1 aromatic heterocycles. The molecule has 0 radical (unpaired) electrons. The van der Waals surface area contributed by atoms with E-state index in [1.54, 1.807) is 0 Å². The first-order valence-corrected chi connectivity index (χ1v) is 5.13. The lowest BCUT2D eigenvalue weighted by molar-refractivity contribution is 0.169. The molecule has 0 saturated carbocycles. The number of nitrogens with one attached hydrogen (secondary N) is 1. The lowest BCUT2D eigenvalue weighted by Crippen LogP contribution is -2.36. The summed E-state index contributed by atoms with van der Waals surface area (Å²) in [6.45, 7) is 3.24. The molecule has 15 heavy (non-hydrogen) atoms. The Morgan fingerprint density at radius 1 is 1.47 bits per heavy atom. The van der Waals surface area contributed by atoms with Gasteiger partial charge in [-0.05, 0) is 6.42 Å². The smallest absolute Gasteiger partial charge is 0.140 e. The first kappa shape index (κ1) is 12.1. The van der Waals surface area contributed by atoms with Crippen LogP contribution in [0.2, 0.25) is 0 Å². The summed E-state index contributed by atoms with van der Waals surface area (Å²) in [7, 11) is 0. The Kier molecular flexibility index (Phi) is 5.23. The third-order valence-electron chi connectivity index (χ3n) is 2.12. The summed E-state index contributed by atoms with van der Waals surface area (Å²) in [5.41, 5.74) is 0. The fourth-order valence-corrected chi connectivity index (χ4v) is 1.25. The van der Waals surface area contributed by atoms with Crippen LogP contribution in [0.1, 0.15) is 19.2 Å². The van der Waals surface area contributed by atoms with E-state index >= 15 is 0 Å². The maximum absolute atomic E-state index is 8.86. The van der Waals surface area contributed by atoms with E-state index in [4.69, 9.17) is 10.2 Å². The van der Waals surface area contributed by atoms with Crippen LogP contribution < -0.4 is 5.32 Å². The summed E-state index contributed by atoms with van der Waals surface area (Å²) in [5, 5.41) is 24.8. The van der Waals surface area contributed by atoms with E-state index in [2.05, 4.69) is 22.3 Å². The maximum atomic E-state index is 8.86. The van der Waals surface area contributed by atoms with Crippen molar-refractivity contribution in [2.45, 2.75) is 32.5 Å². The minimum absolute atomic E-state index is 0.0849. The van der Waals surface area contributed by atoms with E-state index < -0.39 is 0 Å². The van der Waals surface area contributed by atoms with Crippen LogP contribution in [0, 0.1) is 0 Å². The first-order chi connectivity index (χ1) is 7.31. The van der Waals surface area contributed by atoms with Crippen molar-refractivity contribution >= 4 is 0 Å². The summed E-state index contributed by atoms with van der Waals surface area (Å²) in [5.74, 6) is 0.823. The first-order valence-electron chi connectivity index (χ1n) is 5.13. The van der Waals surface area contributed by atoms with Crippen molar-refractivity contribution < 1.29 is 10.2 Å². The summed E-state index contributed by atoms with van der Waals surface area (Å²) in [6, 6.07) is -0.295. The predicted molar refractivity (Wildman–Crippen MR) is 55.1 cm³/mol. The topological polar surface area (TPSA) is 83.2 Å². The van der Waals surface area contributed by atoms with Gasteiger partial charge >= 0.3 is 0 Å². The Balaban J connectivity index is 2.45. The maximum Gasteiger partial charge on any atom is 0.140 e. The molecular formula is C9H18N4O2. The van der Waals surface area contributed by atoms with Gasteiger partial charge in [-0.1, -0.05) is 6.92 Å². The highest BCUT2D eigenvalue weighted by Gasteiger charge is 2.07. The molecule has 3 N–H and O–H groups in total. The van der Waals surface area contributed by atoms with Crippen molar-refractivity contribution in [1.82, 2.24) is 20.1 Å². The number of hydrogen-bond donors (Lipinski definition) is 3. The molecule has 86 valence electrons. The molecule has 0 aliphatic rings. The number of aliphatic hydroxyl groups excluding tert-OH is 2. The van der Waals surface area contributed by atoms with Gasteiger partial charge in [0.25, 0.3) is 0 Å². The second kappa shape index (κ2) is 6.49. The van der Waals surface area contributed by atoms with Crippen LogP contribution in [0.15, 0.2) is 6.33 Å². The monoisotopic (exact) mass is 214 g/mol. The van der Waals surface area contributed by atoms with Crippen molar-refractivity contribution in [1.29, 1.82) is 0 Å². The Bertz CT molecular complexity index is 273. The second-order valence-corrected chi connectivity index (χ2v) is 3.34. The van der Waals surface area contributed by atoms with E-state index in [0.717, 1.165) is 18.8 Å². The van der Waals surface area contributed by atoms with E-state index in [1.807, 2.05) is 4.68 Å². The average molecular weight is 214 g/mol. The minimum atomic E-state index is -0.295. The highest BCUT2D eigenvalue weighted by molar-refractivity contribution is 4.84. The third-order valence-corrected chi connectivity index (χ3v) is 2.12. The summed E-state index contributed by atoms with van der Waals surface area (Å²) >= 11 is 0. The van der Waals surface area contributed by atoms with Crippen molar-refractivity contribution in [3.05, 3.63) is 12.2 Å². The molecule has 0 saturated heterocycles. The molecule has 1 rings (SSSR count). The second-order valence-electron chi connectivity index (χ2n) is 3.34. The van der Waals surface area contributed by atoms with Crippen LogP contribution >= 0.6 is 0 Å². The van der Waals surface area contributed by atoms with Crippen molar-refractivity contribution in [2.75, 3.05) is 13.2 Å². The molecule has 0 amide bonds. The van der Waals surface area contributed by atoms with E-state index in [-0.39, 0.29) is 19.3 Å². The molecule has 6 nitrogen and oxygen atoms in total. The van der Waals surface area contributed by atoms with Crippen LogP contribution in [0.4, 0.5) is 0 Å². The molecule has 0 fully saturated rings. The highest BCUT2D eigenvalue weighted by Crippen LogP contribution is 1.96. The number of aromatic nitrogens is 3. The Morgan fingerprint density at radius 2 is 2.20 bits per heavy atom. The normalized spacial score (nSPS) is 11.2. The van der Waals surface area contributed by atoms with E-state index in [0.29, 0.717) is 6.54 Å². The molecule has 0 aromatic carbocycles.